The van der Waals surface area contributed by atoms with Gasteiger partial charge in [-0.1, -0.05) is 0 Å². The minimum Gasteiger partial charge on any atom is -0.497 e. The van der Waals surface area contributed by atoms with Crippen molar-refractivity contribution >= 4 is 22.9 Å². The number of ether oxygens (including phenoxy) is 3. The first-order valence-corrected chi connectivity index (χ1v) is 13.4. The van der Waals surface area contributed by atoms with E-state index in [9.17, 15) is 4.79 Å². The number of carbonyl (C=O) groups excluding carboxylic acids is 1. The topological polar surface area (TPSA) is 112 Å². The summed E-state index contributed by atoms with van der Waals surface area (Å²) in [6.07, 6.45) is 5.84. The Morgan fingerprint density at radius 2 is 1.82 bits per heavy atom. The third kappa shape index (κ3) is 5.65. The van der Waals surface area contributed by atoms with Gasteiger partial charge in [0.15, 0.2) is 17.0 Å². The van der Waals surface area contributed by atoms with Crippen LogP contribution >= 0.6 is 0 Å². The fourth-order valence-corrected chi connectivity index (χ4v) is 4.72. The van der Waals surface area contributed by atoms with Crippen LogP contribution in [0, 0.1) is 12.8 Å². The Bertz CT molecular complexity index is 1480. The second-order valence-corrected chi connectivity index (χ2v) is 10.1. The van der Waals surface area contributed by atoms with Crippen LogP contribution in [0.15, 0.2) is 48.8 Å². The number of hydrogen-bond acceptors (Lipinski definition) is 8. The molecular formula is C29H32N6O4. The smallest absolute Gasteiger partial charge is 0.326 e. The first-order chi connectivity index (χ1) is 19.1. The average Bonchev–Trinajstić information content (AvgIpc) is 3.67. The maximum absolute atomic E-state index is 12.6. The Morgan fingerprint density at radius 1 is 1.05 bits per heavy atom. The molecule has 10 heteroatoms. The Kier molecular flexibility index (Phi) is 7.02. The van der Waals surface area contributed by atoms with E-state index in [0.29, 0.717) is 40.3 Å². The van der Waals surface area contributed by atoms with Gasteiger partial charge >= 0.3 is 6.01 Å². The number of methoxy groups -OCH3 is 1. The van der Waals surface area contributed by atoms with Crippen LogP contribution in [0.4, 0.5) is 5.82 Å². The zero-order valence-corrected chi connectivity index (χ0v) is 22.1. The van der Waals surface area contributed by atoms with Crippen molar-refractivity contribution in [3.63, 3.8) is 0 Å². The summed E-state index contributed by atoms with van der Waals surface area (Å²) in [5.41, 5.74) is 3.67. The number of amides is 1. The molecule has 2 aromatic heterocycles. The minimum atomic E-state index is -0.0332. The molecule has 1 aliphatic heterocycles. The van der Waals surface area contributed by atoms with E-state index >= 15 is 0 Å². The number of aryl methyl sites for hydroxylation is 1. The Balaban J connectivity index is 1.33. The number of rotatable bonds is 9. The van der Waals surface area contributed by atoms with Gasteiger partial charge in [-0.25, -0.2) is 4.98 Å². The number of carbonyl (C=O) groups is 1. The van der Waals surface area contributed by atoms with Crippen LogP contribution in [0.25, 0.3) is 16.9 Å². The van der Waals surface area contributed by atoms with Gasteiger partial charge in [0.2, 0.25) is 0 Å². The van der Waals surface area contributed by atoms with E-state index in [1.807, 2.05) is 54.0 Å². The molecule has 0 spiro atoms. The highest BCUT2D eigenvalue weighted by Crippen LogP contribution is 2.29. The zero-order chi connectivity index (χ0) is 26.8. The standard InChI is InChI=1S/C29H32N6O4/c1-18-15-21(5-10-24(18)28(36)32-20-3-4-20)35-17-31-25-26(30-16-19-11-13-38-14-12-19)33-29(34-27(25)35)39-23-8-6-22(37-2)7-9-23/h5-10,15,17,19-20H,3-4,11-14,16H2,1-2H3,(H,32,36)(H,30,33,34). The normalized spacial score (nSPS) is 15.7. The fraction of sp³-hybridized carbons (Fsp3) is 0.379. The minimum absolute atomic E-state index is 0.0332. The van der Waals surface area contributed by atoms with Crippen LogP contribution < -0.4 is 20.1 Å². The summed E-state index contributed by atoms with van der Waals surface area (Å²) in [7, 11) is 1.62. The number of aromatic nitrogens is 4. The summed E-state index contributed by atoms with van der Waals surface area (Å²) in [5, 5.41) is 6.55. The summed E-state index contributed by atoms with van der Waals surface area (Å²) in [6, 6.07) is 13.5. The molecule has 3 heterocycles. The molecule has 0 atom stereocenters. The third-order valence-electron chi connectivity index (χ3n) is 7.19. The van der Waals surface area contributed by atoms with Gasteiger partial charge in [0.1, 0.15) is 17.8 Å². The van der Waals surface area contributed by atoms with Crippen molar-refractivity contribution < 1.29 is 19.0 Å². The highest BCUT2D eigenvalue weighted by atomic mass is 16.5. The number of benzene rings is 2. The molecule has 2 fully saturated rings. The second kappa shape index (κ2) is 10.9. The molecule has 2 N–H and O–H groups in total. The summed E-state index contributed by atoms with van der Waals surface area (Å²) >= 11 is 0. The number of hydrogen-bond donors (Lipinski definition) is 2. The van der Waals surface area contributed by atoms with Crippen molar-refractivity contribution in [2.24, 2.45) is 5.92 Å². The number of imidazole rings is 1. The summed E-state index contributed by atoms with van der Waals surface area (Å²) < 4.78 is 18.7. The molecule has 0 unspecified atom stereocenters. The van der Waals surface area contributed by atoms with Gasteiger partial charge in [-0.15, -0.1) is 0 Å². The molecule has 1 saturated heterocycles. The molecule has 2 aromatic carbocycles. The number of anilines is 1. The first-order valence-electron chi connectivity index (χ1n) is 13.4. The lowest BCUT2D eigenvalue weighted by Gasteiger charge is -2.22. The predicted octanol–water partition coefficient (Wildman–Crippen LogP) is 4.66. The van der Waals surface area contributed by atoms with Crippen molar-refractivity contribution in [3.05, 3.63) is 59.9 Å². The molecule has 0 radical (unpaired) electrons. The monoisotopic (exact) mass is 528 g/mol. The predicted molar refractivity (Wildman–Crippen MR) is 147 cm³/mol. The van der Waals surface area contributed by atoms with E-state index in [1.165, 1.54) is 0 Å². The first kappa shape index (κ1) is 25.1. The second-order valence-electron chi connectivity index (χ2n) is 10.1. The molecule has 1 amide bonds. The SMILES string of the molecule is COc1ccc(Oc2nc(NCC3CCOCC3)c3ncn(-c4ccc(C(=O)NC5CC5)c(C)c4)c3n2)cc1. The van der Waals surface area contributed by atoms with E-state index in [2.05, 4.69) is 20.6 Å². The van der Waals surface area contributed by atoms with Gasteiger partial charge in [-0.2, -0.15) is 9.97 Å². The number of fused-ring (bicyclic) bond motifs is 1. The number of nitrogens with one attached hydrogen (secondary N) is 2. The van der Waals surface area contributed by atoms with E-state index in [4.69, 9.17) is 19.2 Å². The lowest BCUT2D eigenvalue weighted by atomic mass is 10.0. The largest absolute Gasteiger partial charge is 0.497 e. The lowest BCUT2D eigenvalue weighted by molar-refractivity contribution is 0.0699. The van der Waals surface area contributed by atoms with Crippen molar-refractivity contribution in [1.82, 2.24) is 24.8 Å². The maximum atomic E-state index is 12.6. The molecule has 10 nitrogen and oxygen atoms in total. The molecule has 39 heavy (non-hydrogen) atoms. The molecule has 4 aromatic rings. The van der Waals surface area contributed by atoms with Gasteiger partial charge < -0.3 is 24.8 Å². The van der Waals surface area contributed by atoms with Crippen LogP contribution in [-0.4, -0.2) is 58.3 Å². The Labute approximate surface area is 226 Å². The van der Waals surface area contributed by atoms with Gasteiger partial charge in [-0.3, -0.25) is 9.36 Å². The zero-order valence-electron chi connectivity index (χ0n) is 22.1. The van der Waals surface area contributed by atoms with E-state index in [1.54, 1.807) is 13.4 Å². The van der Waals surface area contributed by atoms with Crippen LogP contribution in [0.3, 0.4) is 0 Å². The quantitative estimate of drug-likeness (QED) is 0.323. The van der Waals surface area contributed by atoms with Crippen LogP contribution in [0.2, 0.25) is 0 Å². The van der Waals surface area contributed by atoms with Crippen molar-refractivity contribution in [2.45, 2.75) is 38.6 Å². The van der Waals surface area contributed by atoms with Crippen molar-refractivity contribution in [2.75, 3.05) is 32.2 Å². The molecule has 2 aliphatic rings. The lowest BCUT2D eigenvalue weighted by Crippen LogP contribution is -2.26. The highest BCUT2D eigenvalue weighted by Gasteiger charge is 2.25. The summed E-state index contributed by atoms with van der Waals surface area (Å²) in [4.78, 5) is 26.7. The Hall–Kier alpha value is -4.18. The fourth-order valence-electron chi connectivity index (χ4n) is 4.72. The molecular weight excluding hydrogens is 496 g/mol. The molecule has 1 saturated carbocycles. The van der Waals surface area contributed by atoms with E-state index in [-0.39, 0.29) is 11.9 Å². The third-order valence-corrected chi connectivity index (χ3v) is 7.19. The van der Waals surface area contributed by atoms with E-state index in [0.717, 1.165) is 62.4 Å². The number of nitrogens with zero attached hydrogens (tertiary/aromatic N) is 4. The molecule has 0 bridgehead atoms. The maximum Gasteiger partial charge on any atom is 0.326 e. The molecule has 1 aliphatic carbocycles. The molecule has 202 valence electrons. The van der Waals surface area contributed by atoms with Crippen molar-refractivity contribution in [1.29, 1.82) is 0 Å². The summed E-state index contributed by atoms with van der Waals surface area (Å²) in [5.74, 6) is 2.41. The van der Waals surface area contributed by atoms with E-state index < -0.39 is 0 Å². The summed E-state index contributed by atoms with van der Waals surface area (Å²) in [6.45, 7) is 4.26. The van der Waals surface area contributed by atoms with Gasteiger partial charge in [0, 0.05) is 37.1 Å². The Morgan fingerprint density at radius 3 is 2.54 bits per heavy atom. The highest BCUT2D eigenvalue weighted by molar-refractivity contribution is 5.96. The average molecular weight is 529 g/mol. The molecule has 6 rings (SSSR count). The van der Waals surface area contributed by atoms with Gasteiger partial charge in [0.05, 0.1) is 7.11 Å². The van der Waals surface area contributed by atoms with Crippen LogP contribution in [-0.2, 0) is 4.74 Å². The van der Waals surface area contributed by atoms with Crippen LogP contribution in [0.1, 0.15) is 41.6 Å². The van der Waals surface area contributed by atoms with Crippen molar-refractivity contribution in [3.8, 4) is 23.2 Å². The van der Waals surface area contributed by atoms with Crippen LogP contribution in [0.5, 0.6) is 17.5 Å². The van der Waals surface area contributed by atoms with Gasteiger partial charge in [-0.05, 0) is 86.6 Å². The van der Waals surface area contributed by atoms with Gasteiger partial charge in [0.25, 0.3) is 5.91 Å².